The number of nitrogens with zero attached hydrogens (tertiary/aromatic N) is 4. The van der Waals surface area contributed by atoms with Crippen LogP contribution in [0.2, 0.25) is 0 Å². The summed E-state index contributed by atoms with van der Waals surface area (Å²) < 4.78 is 28.4. The molecule has 0 radical (unpaired) electrons. The van der Waals surface area contributed by atoms with Gasteiger partial charge in [0.1, 0.15) is 25.2 Å². The lowest BCUT2D eigenvalue weighted by Crippen LogP contribution is -2.59. The summed E-state index contributed by atoms with van der Waals surface area (Å²) in [4.78, 5) is 123. The summed E-state index contributed by atoms with van der Waals surface area (Å²) in [6.07, 6.45) is 4.31. The number of fused-ring (bicyclic) bond motifs is 5. The van der Waals surface area contributed by atoms with E-state index >= 15 is 4.39 Å². The average molecular weight is 1060 g/mol. The maximum absolute atomic E-state index is 15.5. The van der Waals surface area contributed by atoms with E-state index in [-0.39, 0.29) is 86.1 Å². The number of amides is 8. The fourth-order valence-corrected chi connectivity index (χ4v) is 10.8. The summed E-state index contributed by atoms with van der Waals surface area (Å²) in [5.74, 6) is -4.59. The number of rotatable bonds is 21. The number of aryl methyl sites for hydroxylation is 1. The average Bonchev–Trinajstić information content (AvgIpc) is 4.11. The highest BCUT2D eigenvalue weighted by Crippen LogP contribution is 2.48. The van der Waals surface area contributed by atoms with Crippen LogP contribution in [0.5, 0.6) is 0 Å². The zero-order valence-corrected chi connectivity index (χ0v) is 42.6. The van der Waals surface area contributed by atoms with Gasteiger partial charge in [-0.05, 0) is 79.6 Å². The molecule has 23 heteroatoms. The minimum atomic E-state index is -1.68. The number of nitrogens with one attached hydrogen (secondary N) is 5. The Labute approximate surface area is 439 Å². The number of hydrogen-bond acceptors (Lipinski definition) is 14. The lowest BCUT2D eigenvalue weighted by atomic mass is 9.80. The summed E-state index contributed by atoms with van der Waals surface area (Å²) >= 11 is 5.38. The van der Waals surface area contributed by atoms with Crippen LogP contribution < -0.4 is 32.1 Å². The zero-order valence-electron chi connectivity index (χ0n) is 41.8. The Morgan fingerprint density at radius 2 is 1.62 bits per heavy atom. The van der Waals surface area contributed by atoms with Gasteiger partial charge in [0.15, 0.2) is 16.8 Å². The van der Waals surface area contributed by atoms with Crippen molar-refractivity contribution in [1.29, 1.82) is 0 Å². The number of imide groups is 1. The molecule has 2 aromatic carbocycles. The number of thiocarbonyl (C=S) groups is 1. The van der Waals surface area contributed by atoms with Crippen LogP contribution in [-0.2, 0) is 79.4 Å². The van der Waals surface area contributed by atoms with E-state index < -0.39 is 78.8 Å². The van der Waals surface area contributed by atoms with Crippen LogP contribution in [0.15, 0.2) is 59.4 Å². The van der Waals surface area contributed by atoms with E-state index in [0.717, 1.165) is 21.4 Å². The molecule has 1 aliphatic carbocycles. The predicted octanol–water partition coefficient (Wildman–Crippen LogP) is 1.18. The van der Waals surface area contributed by atoms with Gasteiger partial charge < -0.3 is 50.6 Å². The minimum Gasteiger partial charge on any atom is -0.479 e. The maximum Gasteiger partial charge on any atom is 0.258 e. The van der Waals surface area contributed by atoms with E-state index in [1.807, 2.05) is 0 Å². The van der Waals surface area contributed by atoms with Crippen LogP contribution in [0.1, 0.15) is 90.4 Å². The molecule has 4 aliphatic heterocycles. The largest absolute Gasteiger partial charge is 0.479 e. The van der Waals surface area contributed by atoms with Crippen molar-refractivity contribution in [1.82, 2.24) is 45.9 Å². The number of unbranched alkanes of at least 4 members (excludes halogenated alkanes) is 2. The number of likely N-dealkylation sites (tertiary alicyclic amines) is 1. The predicted molar refractivity (Wildman–Crippen MR) is 273 cm³/mol. The van der Waals surface area contributed by atoms with Gasteiger partial charge >= 0.3 is 0 Å². The molecule has 1 saturated heterocycles. The number of aromatic nitrogens is 2. The molecule has 21 nitrogen and oxygen atoms in total. The molecule has 398 valence electrons. The van der Waals surface area contributed by atoms with Gasteiger partial charge in [-0.1, -0.05) is 43.7 Å². The van der Waals surface area contributed by atoms with Crippen LogP contribution in [0.4, 0.5) is 4.39 Å². The quantitative estimate of drug-likeness (QED) is 0.0198. The van der Waals surface area contributed by atoms with Crippen molar-refractivity contribution in [3.05, 3.63) is 110 Å². The van der Waals surface area contributed by atoms with Crippen LogP contribution in [0, 0.1) is 12.7 Å². The molecule has 2 aromatic heterocycles. The first kappa shape index (κ1) is 53.1. The Hall–Kier alpha value is -7.76. The van der Waals surface area contributed by atoms with Gasteiger partial charge in [0.25, 0.3) is 23.3 Å². The van der Waals surface area contributed by atoms with Crippen molar-refractivity contribution in [3.63, 3.8) is 0 Å². The van der Waals surface area contributed by atoms with Crippen LogP contribution in [0.25, 0.3) is 22.3 Å². The van der Waals surface area contributed by atoms with Crippen molar-refractivity contribution in [2.24, 2.45) is 0 Å². The number of carbonyl (C=O) groups excluding carboxylic acids is 8. The molecular formula is C53H56FN9O12S. The van der Waals surface area contributed by atoms with Gasteiger partial charge in [0.05, 0.1) is 61.2 Å². The second-order valence-corrected chi connectivity index (χ2v) is 19.7. The van der Waals surface area contributed by atoms with Gasteiger partial charge in [-0.15, -0.1) is 0 Å². The Bertz CT molecular complexity index is 3180. The van der Waals surface area contributed by atoms with Crippen molar-refractivity contribution < 1.29 is 57.3 Å². The second kappa shape index (κ2) is 22.2. The Morgan fingerprint density at radius 1 is 0.908 bits per heavy atom. The third-order valence-electron chi connectivity index (χ3n) is 14.6. The van der Waals surface area contributed by atoms with E-state index in [4.69, 9.17) is 26.7 Å². The lowest BCUT2D eigenvalue weighted by molar-refractivity contribution is -0.168. The van der Waals surface area contributed by atoms with Crippen molar-refractivity contribution >= 4 is 75.4 Å². The molecule has 9 rings (SSSR count). The molecular weight excluding hydrogens is 1010 g/mol. The minimum absolute atomic E-state index is 0.0287. The number of β-lactam (4-membered cyclic amide) rings is 1. The Morgan fingerprint density at radius 3 is 2.36 bits per heavy atom. The van der Waals surface area contributed by atoms with E-state index in [9.17, 15) is 48.3 Å². The van der Waals surface area contributed by atoms with E-state index in [2.05, 4.69) is 26.6 Å². The van der Waals surface area contributed by atoms with Gasteiger partial charge in [-0.3, -0.25) is 48.1 Å². The summed E-state index contributed by atoms with van der Waals surface area (Å²) in [5.41, 5.74) is 3.28. The third-order valence-corrected chi connectivity index (χ3v) is 15.1. The van der Waals surface area contributed by atoms with Crippen molar-refractivity contribution in [2.75, 3.05) is 39.5 Å². The summed E-state index contributed by atoms with van der Waals surface area (Å²) in [6.45, 7) is 2.10. The van der Waals surface area contributed by atoms with Gasteiger partial charge in [-0.2, -0.15) is 0 Å². The number of aliphatic hydroxyl groups is 1. The molecule has 1 unspecified atom stereocenters. The topological polar surface area (TPSA) is 277 Å². The molecule has 4 aromatic rings. The molecule has 6 N–H and O–H groups in total. The highest BCUT2D eigenvalue weighted by molar-refractivity contribution is 7.80. The van der Waals surface area contributed by atoms with Crippen LogP contribution >= 0.6 is 12.2 Å². The number of halogens is 1. The monoisotopic (exact) mass is 1060 g/mol. The number of ether oxygens (including phenoxy) is 2. The molecule has 5 aliphatic rings. The summed E-state index contributed by atoms with van der Waals surface area (Å²) in [6, 6.07) is 10.3. The van der Waals surface area contributed by atoms with Crippen molar-refractivity contribution in [3.8, 4) is 11.4 Å². The number of pyridine rings is 2. The Balaban J connectivity index is 0.758. The number of hydrogen-bond donors (Lipinski definition) is 6. The standard InChI is InChI=1S/C53H56FN9O12S/c1-3-53(73)33-19-38-48-31(24-62(38)50(71)32(33)26-74-52(53)76)47-37(14-13-30-28(2)34(54)20-35(60-48)46(30)47)63-25-39(51(63)72)75-27-58-42(66)22-57-49(70)36(18-29-10-6-4-7-11-29)59-43(67)23-56-41(65)21-55-40(64)12-8-5-9-17-61-44(68)15-16-45(61)69/h4,6-7,10-11,15-16,19-20,36-37,39,73H,3,5,8-9,12-14,17-18,21-27H2,1-2H3,(H,55,64)(H,56,65)(H,57,70)(H,58,66)(H,59,67)/t36-,37-,39?,53-/m0/s1. The van der Waals surface area contributed by atoms with Gasteiger partial charge in [0, 0.05) is 54.1 Å². The first-order chi connectivity index (χ1) is 36.5. The Kier molecular flexibility index (Phi) is 15.5. The highest BCUT2D eigenvalue weighted by Gasteiger charge is 2.47. The molecule has 0 spiro atoms. The van der Waals surface area contributed by atoms with Gasteiger partial charge in [-0.25, -0.2) is 9.37 Å². The fourth-order valence-electron chi connectivity index (χ4n) is 10.4. The third kappa shape index (κ3) is 10.6. The normalized spacial score (nSPS) is 19.3. The molecule has 6 heterocycles. The molecule has 1 fully saturated rings. The first-order valence-electron chi connectivity index (χ1n) is 25.2. The number of benzene rings is 2. The second-order valence-electron chi connectivity index (χ2n) is 19.3. The van der Waals surface area contributed by atoms with E-state index in [0.29, 0.717) is 71.3 Å². The molecule has 0 bridgehead atoms. The van der Waals surface area contributed by atoms with E-state index in [1.54, 1.807) is 59.7 Å². The molecule has 0 saturated carbocycles. The molecule has 76 heavy (non-hydrogen) atoms. The van der Waals surface area contributed by atoms with Crippen LogP contribution in [-0.4, -0.2) is 128 Å². The lowest BCUT2D eigenvalue weighted by Gasteiger charge is -2.45. The summed E-state index contributed by atoms with van der Waals surface area (Å²) in [5, 5.41) is 24.8. The maximum atomic E-state index is 15.5. The highest BCUT2D eigenvalue weighted by atomic mass is 32.1. The number of carbonyl (C=O) groups is 8. The fraction of sp³-hybridized carbons (Fsp3) is 0.415. The van der Waals surface area contributed by atoms with Crippen LogP contribution in [0.3, 0.4) is 0 Å². The SMILES string of the molecule is CC[C@@]1(O)C(=S)OCc2c1cc1n(c2=O)Cc2c-1nc1cc(F)c(C)c3c1c2[C@@H](N1CC(OCNC(=O)CNC(=O)[C@H](Cc2ccccc2)NC(=O)CNC(=O)CNC(=O)CCCCCN2C(=O)C=CC2=O)C1=O)CC3. The zero-order chi connectivity index (χ0) is 54.0. The summed E-state index contributed by atoms with van der Waals surface area (Å²) in [7, 11) is 0. The smallest absolute Gasteiger partial charge is 0.258 e. The van der Waals surface area contributed by atoms with E-state index in [1.165, 1.54) is 18.2 Å². The van der Waals surface area contributed by atoms with Gasteiger partial charge in [0.2, 0.25) is 29.5 Å². The molecule has 4 atom stereocenters. The van der Waals surface area contributed by atoms with Crippen molar-refractivity contribution in [2.45, 2.75) is 102 Å². The molecule has 8 amide bonds. The first-order valence-corrected chi connectivity index (χ1v) is 25.6.